The van der Waals surface area contributed by atoms with Gasteiger partial charge in [-0.2, -0.15) is 10.4 Å². The van der Waals surface area contributed by atoms with E-state index in [0.29, 0.717) is 44.2 Å². The van der Waals surface area contributed by atoms with Crippen molar-refractivity contribution in [3.05, 3.63) is 41.0 Å². The number of aromatic nitrogens is 4. The van der Waals surface area contributed by atoms with E-state index in [9.17, 15) is 5.26 Å². The van der Waals surface area contributed by atoms with Gasteiger partial charge in [-0.15, -0.1) is 11.3 Å². The van der Waals surface area contributed by atoms with Crippen molar-refractivity contribution in [3.8, 4) is 40.5 Å². The topological polar surface area (TPSA) is 95.1 Å². The van der Waals surface area contributed by atoms with E-state index in [-0.39, 0.29) is 0 Å². The molecule has 9 heteroatoms. The highest BCUT2D eigenvalue weighted by Crippen LogP contribution is 2.41. The van der Waals surface area contributed by atoms with Crippen LogP contribution in [0.15, 0.2) is 30.6 Å². The van der Waals surface area contributed by atoms with Crippen molar-refractivity contribution >= 4 is 21.6 Å². The van der Waals surface area contributed by atoms with Crippen molar-refractivity contribution in [3.63, 3.8) is 0 Å². The largest absolute Gasteiger partial charge is 0.493 e. The van der Waals surface area contributed by atoms with Crippen LogP contribution in [0, 0.1) is 18.3 Å². The highest BCUT2D eigenvalue weighted by molar-refractivity contribution is 7.19. The van der Waals surface area contributed by atoms with Gasteiger partial charge in [0, 0.05) is 18.0 Å². The summed E-state index contributed by atoms with van der Waals surface area (Å²) in [7, 11) is 4.67. The Balaban J connectivity index is 2.02. The molecule has 0 aliphatic rings. The standard InChI is InChI=1S/C20H17N5O3S/c1-11-15(10-21)29-20-16(11)19(25-7-5-6-22-25)23-18(24-20)12-8-13(26-2)17(28-4)14(9-12)27-3/h5-9H,1-4H3. The average molecular weight is 407 g/mol. The summed E-state index contributed by atoms with van der Waals surface area (Å²) in [5.41, 5.74) is 1.54. The zero-order chi connectivity index (χ0) is 20.5. The van der Waals surface area contributed by atoms with Gasteiger partial charge in [0.1, 0.15) is 15.8 Å². The van der Waals surface area contributed by atoms with Gasteiger partial charge in [0.25, 0.3) is 0 Å². The monoisotopic (exact) mass is 407 g/mol. The predicted octanol–water partition coefficient (Wildman–Crippen LogP) is 3.75. The smallest absolute Gasteiger partial charge is 0.203 e. The third kappa shape index (κ3) is 3.03. The summed E-state index contributed by atoms with van der Waals surface area (Å²) in [5, 5.41) is 14.6. The maximum atomic E-state index is 9.46. The Kier molecular flexibility index (Phi) is 4.78. The highest BCUT2D eigenvalue weighted by Gasteiger charge is 2.21. The van der Waals surface area contributed by atoms with Gasteiger partial charge in [0.15, 0.2) is 23.1 Å². The van der Waals surface area contributed by atoms with E-state index in [1.165, 1.54) is 11.3 Å². The average Bonchev–Trinajstić information content (AvgIpc) is 3.40. The minimum absolute atomic E-state index is 0.466. The number of hydrogen-bond donors (Lipinski definition) is 0. The second-order valence-corrected chi connectivity index (χ2v) is 7.08. The first-order valence-corrected chi connectivity index (χ1v) is 9.44. The number of fused-ring (bicyclic) bond motifs is 1. The maximum Gasteiger partial charge on any atom is 0.203 e. The van der Waals surface area contributed by atoms with Gasteiger partial charge < -0.3 is 14.2 Å². The summed E-state index contributed by atoms with van der Waals surface area (Å²) in [6.07, 6.45) is 3.49. The number of benzene rings is 1. The second-order valence-electron chi connectivity index (χ2n) is 6.08. The van der Waals surface area contributed by atoms with Crippen molar-refractivity contribution in [2.75, 3.05) is 21.3 Å². The van der Waals surface area contributed by atoms with Gasteiger partial charge >= 0.3 is 0 Å². The van der Waals surface area contributed by atoms with E-state index in [1.54, 1.807) is 44.3 Å². The molecule has 4 aromatic rings. The molecule has 3 aromatic heterocycles. The minimum atomic E-state index is 0.466. The molecule has 4 rings (SSSR count). The molecule has 0 bridgehead atoms. The quantitative estimate of drug-likeness (QED) is 0.497. The van der Waals surface area contributed by atoms with Crippen LogP contribution in [0.5, 0.6) is 17.2 Å². The summed E-state index contributed by atoms with van der Waals surface area (Å²) < 4.78 is 18.0. The molecule has 0 radical (unpaired) electrons. The molecule has 0 saturated carbocycles. The number of nitrogens with zero attached hydrogens (tertiary/aromatic N) is 5. The van der Waals surface area contributed by atoms with Gasteiger partial charge in [0.2, 0.25) is 5.75 Å². The SMILES string of the molecule is COc1cc(-c2nc(-n3cccn3)c3c(C)c(C#N)sc3n2)cc(OC)c1OC. The van der Waals surface area contributed by atoms with Crippen LogP contribution >= 0.6 is 11.3 Å². The minimum Gasteiger partial charge on any atom is -0.493 e. The molecule has 0 aliphatic carbocycles. The fourth-order valence-corrected chi connectivity index (χ4v) is 4.10. The summed E-state index contributed by atoms with van der Waals surface area (Å²) in [6, 6.07) is 7.64. The maximum absolute atomic E-state index is 9.46. The van der Waals surface area contributed by atoms with E-state index < -0.39 is 0 Å². The zero-order valence-corrected chi connectivity index (χ0v) is 17.1. The Labute approximate surface area is 170 Å². The van der Waals surface area contributed by atoms with Crippen LogP contribution in [0.3, 0.4) is 0 Å². The molecule has 0 N–H and O–H groups in total. The fraction of sp³-hybridized carbons (Fsp3) is 0.200. The fourth-order valence-electron chi connectivity index (χ4n) is 3.12. The van der Waals surface area contributed by atoms with Gasteiger partial charge in [-0.3, -0.25) is 0 Å². The molecule has 0 atom stereocenters. The number of aryl methyl sites for hydroxylation is 1. The van der Waals surface area contributed by atoms with Crippen LogP contribution in [0.1, 0.15) is 10.4 Å². The Morgan fingerprint density at radius 2 is 1.79 bits per heavy atom. The lowest BCUT2D eigenvalue weighted by Gasteiger charge is -2.14. The van der Waals surface area contributed by atoms with Crippen molar-refractivity contribution in [1.29, 1.82) is 5.26 Å². The first-order valence-electron chi connectivity index (χ1n) is 8.62. The van der Waals surface area contributed by atoms with Crippen LogP contribution in [-0.4, -0.2) is 41.1 Å². The third-order valence-electron chi connectivity index (χ3n) is 4.52. The van der Waals surface area contributed by atoms with Gasteiger partial charge in [0.05, 0.1) is 26.7 Å². The van der Waals surface area contributed by atoms with E-state index >= 15 is 0 Å². The summed E-state index contributed by atoms with van der Waals surface area (Å²) in [5.74, 6) is 2.58. The lowest BCUT2D eigenvalue weighted by atomic mass is 10.1. The molecular weight excluding hydrogens is 390 g/mol. The van der Waals surface area contributed by atoms with Crippen LogP contribution in [0.4, 0.5) is 0 Å². The summed E-state index contributed by atoms with van der Waals surface area (Å²) in [4.78, 5) is 10.8. The number of hydrogen-bond acceptors (Lipinski definition) is 8. The number of rotatable bonds is 5. The highest BCUT2D eigenvalue weighted by atomic mass is 32.1. The molecular formula is C20H17N5O3S. The molecule has 0 aliphatic heterocycles. The third-order valence-corrected chi connectivity index (χ3v) is 5.61. The Hall–Kier alpha value is -3.64. The van der Waals surface area contributed by atoms with Gasteiger partial charge in [-0.25, -0.2) is 14.6 Å². The van der Waals surface area contributed by atoms with E-state index in [4.69, 9.17) is 24.2 Å². The van der Waals surface area contributed by atoms with Crippen LogP contribution in [0.2, 0.25) is 0 Å². The first kappa shape index (κ1) is 18.7. The first-order chi connectivity index (χ1) is 14.1. The molecule has 0 saturated heterocycles. The molecule has 8 nitrogen and oxygen atoms in total. The van der Waals surface area contributed by atoms with Crippen LogP contribution in [0.25, 0.3) is 27.4 Å². The van der Waals surface area contributed by atoms with Crippen molar-refractivity contribution < 1.29 is 14.2 Å². The number of methoxy groups -OCH3 is 3. The number of ether oxygens (including phenoxy) is 3. The normalized spacial score (nSPS) is 10.7. The van der Waals surface area contributed by atoms with Crippen molar-refractivity contribution in [2.45, 2.75) is 6.92 Å². The second kappa shape index (κ2) is 7.41. The van der Waals surface area contributed by atoms with E-state index in [2.05, 4.69) is 11.2 Å². The van der Waals surface area contributed by atoms with Crippen molar-refractivity contribution in [2.24, 2.45) is 0 Å². The lowest BCUT2D eigenvalue weighted by molar-refractivity contribution is 0.324. The Morgan fingerprint density at radius 3 is 2.34 bits per heavy atom. The molecule has 3 heterocycles. The number of thiophene rings is 1. The predicted molar refractivity (Wildman–Crippen MR) is 109 cm³/mol. The molecule has 29 heavy (non-hydrogen) atoms. The summed E-state index contributed by atoms with van der Waals surface area (Å²) >= 11 is 1.33. The molecule has 0 spiro atoms. The number of nitriles is 1. The molecule has 0 amide bonds. The molecule has 0 fully saturated rings. The molecule has 146 valence electrons. The molecule has 1 aromatic carbocycles. The molecule has 0 unspecified atom stereocenters. The van der Waals surface area contributed by atoms with Crippen LogP contribution < -0.4 is 14.2 Å². The van der Waals surface area contributed by atoms with Crippen LogP contribution in [-0.2, 0) is 0 Å². The Bertz CT molecular complexity index is 1220. The van der Waals surface area contributed by atoms with Gasteiger partial charge in [-0.05, 0) is 30.7 Å². The van der Waals surface area contributed by atoms with E-state index in [1.807, 2.05) is 19.2 Å². The van der Waals surface area contributed by atoms with Gasteiger partial charge in [-0.1, -0.05) is 0 Å². The lowest BCUT2D eigenvalue weighted by Crippen LogP contribution is -2.03. The summed E-state index contributed by atoms with van der Waals surface area (Å²) in [6.45, 7) is 1.90. The zero-order valence-electron chi connectivity index (χ0n) is 16.3. The Morgan fingerprint density at radius 1 is 1.07 bits per heavy atom. The van der Waals surface area contributed by atoms with E-state index in [0.717, 1.165) is 10.9 Å². The van der Waals surface area contributed by atoms with Crippen molar-refractivity contribution in [1.82, 2.24) is 19.7 Å².